The summed E-state index contributed by atoms with van der Waals surface area (Å²) in [5.74, 6) is 0.117. The summed E-state index contributed by atoms with van der Waals surface area (Å²) < 4.78 is 0. The second kappa shape index (κ2) is 12.4. The molecule has 48 heavy (non-hydrogen) atoms. The maximum Gasteiger partial charge on any atom is 0.231 e. The van der Waals surface area contributed by atoms with Crippen molar-refractivity contribution in [2.24, 2.45) is 0 Å². The number of anilines is 1. The highest BCUT2D eigenvalue weighted by molar-refractivity contribution is 5.98. The van der Waals surface area contributed by atoms with E-state index in [1.54, 1.807) is 0 Å². The third kappa shape index (κ3) is 5.36. The van der Waals surface area contributed by atoms with Crippen molar-refractivity contribution in [1.29, 1.82) is 0 Å². The Labute approximate surface area is 285 Å². The lowest BCUT2D eigenvalue weighted by Gasteiger charge is -2.52. The number of hydrogen-bond acceptors (Lipinski definition) is 1. The highest BCUT2D eigenvalue weighted by Gasteiger charge is 2.49. The summed E-state index contributed by atoms with van der Waals surface area (Å²) in [5.41, 5.74) is 9.13. The van der Waals surface area contributed by atoms with E-state index in [0.717, 1.165) is 17.7 Å². The van der Waals surface area contributed by atoms with Gasteiger partial charge in [-0.15, -0.1) is 0 Å². The zero-order valence-electron chi connectivity index (χ0n) is 28.4. The highest BCUT2D eigenvalue weighted by Crippen LogP contribution is 2.53. The lowest BCUT2D eigenvalue weighted by molar-refractivity contribution is -0.119. The van der Waals surface area contributed by atoms with Gasteiger partial charge in [-0.1, -0.05) is 170 Å². The standard InChI is InChI=1S/C46H43NO/c1-34-25-27-36(28-26-34)45(4)33-44(2,3)47(43(48)31-35-17-9-5-10-18-35)42-30-29-40(32-41(42)45)46(37-19-11-6-12-20-37,38-21-13-7-14-22-38)39-23-15-8-16-24-39/h5-30,32H,31,33H2,1-4H3/t45-/m1/s1. The lowest BCUT2D eigenvalue weighted by Crippen LogP contribution is -2.56. The number of carbonyl (C=O) groups is 1. The molecule has 0 aliphatic carbocycles. The van der Waals surface area contributed by atoms with Gasteiger partial charge in [-0.3, -0.25) is 4.79 Å². The van der Waals surface area contributed by atoms with Crippen LogP contribution in [-0.2, 0) is 22.0 Å². The Morgan fingerprint density at radius 3 is 1.58 bits per heavy atom. The van der Waals surface area contributed by atoms with Crippen LogP contribution in [0, 0.1) is 6.92 Å². The van der Waals surface area contributed by atoms with Gasteiger partial charge in [-0.05, 0) is 72.2 Å². The topological polar surface area (TPSA) is 20.3 Å². The largest absolute Gasteiger partial charge is 0.306 e. The number of hydrogen-bond donors (Lipinski definition) is 0. The molecule has 0 fully saturated rings. The van der Waals surface area contributed by atoms with Gasteiger partial charge in [0.1, 0.15) is 0 Å². The first kappa shape index (κ1) is 31.4. The Hall–Kier alpha value is -5.21. The Morgan fingerprint density at radius 2 is 1.08 bits per heavy atom. The maximum absolute atomic E-state index is 14.4. The summed E-state index contributed by atoms with van der Waals surface area (Å²) in [7, 11) is 0. The molecule has 0 bridgehead atoms. The van der Waals surface area contributed by atoms with E-state index in [4.69, 9.17) is 0 Å². The number of benzene rings is 6. The molecule has 1 heterocycles. The van der Waals surface area contributed by atoms with E-state index in [-0.39, 0.29) is 11.3 Å². The Balaban J connectivity index is 1.52. The minimum atomic E-state index is -0.584. The molecule has 7 rings (SSSR count). The smallest absolute Gasteiger partial charge is 0.231 e. The molecule has 238 valence electrons. The minimum absolute atomic E-state index is 0.117. The average Bonchev–Trinajstić information content (AvgIpc) is 3.10. The predicted octanol–water partition coefficient (Wildman–Crippen LogP) is 10.4. The third-order valence-corrected chi connectivity index (χ3v) is 10.4. The van der Waals surface area contributed by atoms with Crippen molar-refractivity contribution in [3.8, 4) is 0 Å². The van der Waals surface area contributed by atoms with Crippen molar-refractivity contribution >= 4 is 11.6 Å². The van der Waals surface area contributed by atoms with E-state index in [9.17, 15) is 4.79 Å². The van der Waals surface area contributed by atoms with Crippen LogP contribution in [0.25, 0.3) is 0 Å². The first-order valence-electron chi connectivity index (χ1n) is 17.0. The molecule has 1 amide bonds. The fourth-order valence-corrected chi connectivity index (χ4v) is 8.34. The number of nitrogens with zero attached hydrogens (tertiary/aromatic N) is 1. The van der Waals surface area contributed by atoms with Crippen molar-refractivity contribution in [3.63, 3.8) is 0 Å². The lowest BCUT2D eigenvalue weighted by atomic mass is 9.61. The van der Waals surface area contributed by atoms with Crippen molar-refractivity contribution in [2.75, 3.05) is 4.90 Å². The summed E-state index contributed by atoms with van der Waals surface area (Å²) in [6.07, 6.45) is 1.14. The van der Waals surface area contributed by atoms with Crippen LogP contribution in [0.3, 0.4) is 0 Å². The van der Waals surface area contributed by atoms with Gasteiger partial charge in [-0.2, -0.15) is 0 Å². The first-order valence-corrected chi connectivity index (χ1v) is 17.0. The van der Waals surface area contributed by atoms with Gasteiger partial charge in [-0.25, -0.2) is 0 Å². The molecule has 1 aliphatic rings. The fraction of sp³-hybridized carbons (Fsp3) is 0.196. The highest BCUT2D eigenvalue weighted by atomic mass is 16.2. The molecule has 6 aromatic rings. The molecule has 1 aliphatic heterocycles. The zero-order chi connectivity index (χ0) is 33.4. The molecule has 2 nitrogen and oxygen atoms in total. The molecule has 2 heteroatoms. The average molecular weight is 626 g/mol. The van der Waals surface area contributed by atoms with Gasteiger partial charge >= 0.3 is 0 Å². The second-order valence-electron chi connectivity index (χ2n) is 14.2. The predicted molar refractivity (Wildman–Crippen MR) is 199 cm³/mol. The summed E-state index contributed by atoms with van der Waals surface area (Å²) in [6.45, 7) is 8.96. The van der Waals surface area contributed by atoms with E-state index in [0.29, 0.717) is 6.42 Å². The molecule has 6 aromatic carbocycles. The summed E-state index contributed by atoms with van der Waals surface area (Å²) in [6, 6.07) is 58.6. The fourth-order valence-electron chi connectivity index (χ4n) is 8.34. The quantitative estimate of drug-likeness (QED) is 0.162. The summed E-state index contributed by atoms with van der Waals surface area (Å²) in [4.78, 5) is 16.5. The Bertz CT molecular complexity index is 1920. The van der Waals surface area contributed by atoms with Crippen molar-refractivity contribution in [3.05, 3.63) is 208 Å². The summed E-state index contributed by atoms with van der Waals surface area (Å²) >= 11 is 0. The van der Waals surface area contributed by atoms with Gasteiger partial charge in [0.2, 0.25) is 5.91 Å². The van der Waals surface area contributed by atoms with Crippen molar-refractivity contribution in [1.82, 2.24) is 0 Å². The Kier molecular flexibility index (Phi) is 8.13. The number of amides is 1. The zero-order valence-corrected chi connectivity index (χ0v) is 28.4. The van der Waals surface area contributed by atoms with Crippen LogP contribution in [0.2, 0.25) is 0 Å². The van der Waals surface area contributed by atoms with Gasteiger partial charge < -0.3 is 4.90 Å². The molecule has 0 saturated carbocycles. The molecule has 0 spiro atoms. The maximum atomic E-state index is 14.4. The van der Waals surface area contributed by atoms with Crippen LogP contribution in [0.1, 0.15) is 71.7 Å². The van der Waals surface area contributed by atoms with E-state index >= 15 is 0 Å². The minimum Gasteiger partial charge on any atom is -0.306 e. The molecule has 0 radical (unpaired) electrons. The van der Waals surface area contributed by atoms with Crippen LogP contribution >= 0.6 is 0 Å². The van der Waals surface area contributed by atoms with Crippen LogP contribution in [0.5, 0.6) is 0 Å². The number of carbonyl (C=O) groups excluding carboxylic acids is 1. The van der Waals surface area contributed by atoms with Gasteiger partial charge in [0.15, 0.2) is 0 Å². The van der Waals surface area contributed by atoms with Crippen LogP contribution in [0.15, 0.2) is 164 Å². The van der Waals surface area contributed by atoms with Gasteiger partial charge in [0.25, 0.3) is 0 Å². The second-order valence-corrected chi connectivity index (χ2v) is 14.2. The monoisotopic (exact) mass is 625 g/mol. The molecule has 0 N–H and O–H groups in total. The van der Waals surface area contributed by atoms with Crippen molar-refractivity contribution < 1.29 is 4.79 Å². The van der Waals surface area contributed by atoms with Crippen LogP contribution in [0.4, 0.5) is 5.69 Å². The molecule has 1 atom stereocenters. The number of fused-ring (bicyclic) bond motifs is 1. The third-order valence-electron chi connectivity index (χ3n) is 10.4. The van der Waals surface area contributed by atoms with Crippen LogP contribution < -0.4 is 4.90 Å². The van der Waals surface area contributed by atoms with Gasteiger partial charge in [0.05, 0.1) is 11.8 Å². The number of rotatable bonds is 7. The molecular weight excluding hydrogens is 583 g/mol. The Morgan fingerprint density at radius 1 is 0.604 bits per heavy atom. The van der Waals surface area contributed by atoms with Crippen LogP contribution in [-0.4, -0.2) is 11.4 Å². The van der Waals surface area contributed by atoms with Gasteiger partial charge in [0, 0.05) is 16.6 Å². The number of aryl methyl sites for hydroxylation is 1. The van der Waals surface area contributed by atoms with E-state index < -0.39 is 11.0 Å². The van der Waals surface area contributed by atoms with E-state index in [2.05, 4.69) is 166 Å². The first-order chi connectivity index (χ1) is 23.2. The molecule has 0 aromatic heterocycles. The molecular formula is C46H43NO. The summed E-state index contributed by atoms with van der Waals surface area (Å²) in [5, 5.41) is 0. The normalized spacial score (nSPS) is 17.0. The van der Waals surface area contributed by atoms with E-state index in [1.807, 2.05) is 30.3 Å². The van der Waals surface area contributed by atoms with Crippen molar-refractivity contribution in [2.45, 2.75) is 56.9 Å². The molecule has 0 saturated heterocycles. The SMILES string of the molecule is Cc1ccc([C@@]2(C)CC(C)(C)N(C(=O)Cc3ccccc3)c3ccc(C(c4ccccc4)(c4ccccc4)c4ccccc4)cc32)cc1. The molecule has 0 unspecified atom stereocenters. The van der Waals surface area contributed by atoms with E-state index in [1.165, 1.54) is 38.9 Å².